The van der Waals surface area contributed by atoms with Gasteiger partial charge >= 0.3 is 0 Å². The molecule has 0 unspecified atom stereocenters. The number of aryl methyl sites for hydroxylation is 2. The summed E-state index contributed by atoms with van der Waals surface area (Å²) in [6.07, 6.45) is 2.49. The minimum atomic E-state index is 0.00524. The zero-order chi connectivity index (χ0) is 17.4. The van der Waals surface area contributed by atoms with Crippen LogP contribution in [-0.2, 0) is 13.0 Å². The summed E-state index contributed by atoms with van der Waals surface area (Å²) >= 11 is 0. The lowest BCUT2D eigenvalue weighted by atomic mass is 10.1. The fourth-order valence-electron chi connectivity index (χ4n) is 3.06. The van der Waals surface area contributed by atoms with E-state index in [9.17, 15) is 5.11 Å². The van der Waals surface area contributed by atoms with E-state index in [1.54, 1.807) is 4.68 Å². The second-order valence-electron chi connectivity index (χ2n) is 6.03. The van der Waals surface area contributed by atoms with Crippen molar-refractivity contribution in [2.45, 2.75) is 26.8 Å². The Hall–Kier alpha value is -2.93. The summed E-state index contributed by atoms with van der Waals surface area (Å²) in [5.74, 6) is 2.21. The summed E-state index contributed by atoms with van der Waals surface area (Å²) < 4.78 is 7.00. The van der Waals surface area contributed by atoms with E-state index in [2.05, 4.69) is 15.2 Å². The molecule has 7 heteroatoms. The third-order valence-corrected chi connectivity index (χ3v) is 4.41. The summed E-state index contributed by atoms with van der Waals surface area (Å²) in [5, 5.41) is 19.0. The topological polar surface area (TPSA) is 92.8 Å². The van der Waals surface area contributed by atoms with Crippen molar-refractivity contribution in [3.8, 4) is 11.4 Å². The summed E-state index contributed by atoms with van der Waals surface area (Å²) in [6, 6.07) is 8.05. The quantitative estimate of drug-likeness (QED) is 0.584. The van der Waals surface area contributed by atoms with Crippen LogP contribution in [0.4, 0.5) is 0 Å². The molecule has 0 aliphatic heterocycles. The first kappa shape index (κ1) is 15.6. The number of H-pyrrole nitrogens is 1. The van der Waals surface area contributed by atoms with Gasteiger partial charge in [0.2, 0.25) is 0 Å². The number of nitrogens with zero attached hydrogens (tertiary/aromatic N) is 4. The van der Waals surface area contributed by atoms with E-state index in [0.29, 0.717) is 18.8 Å². The molecule has 0 atom stereocenters. The lowest BCUT2D eigenvalue weighted by molar-refractivity contribution is 0.267. The molecule has 0 fully saturated rings. The minimum absolute atomic E-state index is 0.00524. The maximum Gasteiger partial charge on any atom is 0.183 e. The lowest BCUT2D eigenvalue weighted by Gasteiger charge is -2.03. The Kier molecular flexibility index (Phi) is 3.85. The Morgan fingerprint density at radius 3 is 2.84 bits per heavy atom. The normalized spacial score (nSPS) is 11.5. The van der Waals surface area contributed by atoms with Crippen LogP contribution in [0.5, 0.6) is 0 Å². The zero-order valence-electron chi connectivity index (χ0n) is 14.2. The molecule has 0 bridgehead atoms. The highest BCUT2D eigenvalue weighted by molar-refractivity contribution is 5.93. The molecule has 0 aliphatic rings. The summed E-state index contributed by atoms with van der Waals surface area (Å²) in [4.78, 5) is 7.98. The van der Waals surface area contributed by atoms with Crippen LogP contribution in [-0.4, -0.2) is 36.6 Å². The average Bonchev–Trinajstić information content (AvgIpc) is 3.29. The van der Waals surface area contributed by atoms with Gasteiger partial charge in [0.25, 0.3) is 0 Å². The molecule has 0 aliphatic carbocycles. The van der Waals surface area contributed by atoms with Gasteiger partial charge in [0.05, 0.1) is 18.8 Å². The van der Waals surface area contributed by atoms with Gasteiger partial charge in [-0.15, -0.1) is 0 Å². The van der Waals surface area contributed by atoms with Crippen LogP contribution in [0.2, 0.25) is 0 Å². The average molecular weight is 337 g/mol. The first-order valence-corrected chi connectivity index (χ1v) is 8.20. The lowest BCUT2D eigenvalue weighted by Crippen LogP contribution is -2.09. The molecule has 0 saturated carbocycles. The first-order valence-electron chi connectivity index (χ1n) is 8.20. The Morgan fingerprint density at radius 2 is 2.08 bits per heavy atom. The summed E-state index contributed by atoms with van der Waals surface area (Å²) in [7, 11) is 0. The molecule has 0 saturated heterocycles. The molecule has 0 radical (unpaired) electrons. The van der Waals surface area contributed by atoms with Crippen molar-refractivity contribution >= 4 is 10.9 Å². The second-order valence-corrected chi connectivity index (χ2v) is 6.03. The highest BCUT2D eigenvalue weighted by Gasteiger charge is 2.18. The van der Waals surface area contributed by atoms with Gasteiger partial charge in [0.1, 0.15) is 11.6 Å². The van der Waals surface area contributed by atoms with Gasteiger partial charge in [0.15, 0.2) is 5.82 Å². The predicted octanol–water partition coefficient (Wildman–Crippen LogP) is 2.61. The maximum absolute atomic E-state index is 9.37. The van der Waals surface area contributed by atoms with E-state index in [4.69, 9.17) is 9.51 Å². The molecule has 0 amide bonds. The molecule has 4 rings (SSSR count). The standard InChI is InChI=1S/C18H19N5O2/c1-11-14(12(2)25-22-11)9-17-20-18(21-23(17)7-8-24)15-10-19-16-6-4-3-5-13(15)16/h3-6,10,19,24H,7-9H2,1-2H3. The summed E-state index contributed by atoms with van der Waals surface area (Å²) in [5.41, 5.74) is 3.86. The number of aliphatic hydroxyl groups is 1. The number of aliphatic hydroxyl groups excluding tert-OH is 1. The second kappa shape index (κ2) is 6.18. The number of benzene rings is 1. The van der Waals surface area contributed by atoms with Crippen LogP contribution in [0.3, 0.4) is 0 Å². The molecule has 0 spiro atoms. The third-order valence-electron chi connectivity index (χ3n) is 4.41. The van der Waals surface area contributed by atoms with E-state index in [1.807, 2.05) is 44.3 Å². The first-order chi connectivity index (χ1) is 12.2. The molecule has 3 aromatic heterocycles. The molecular formula is C18H19N5O2. The van der Waals surface area contributed by atoms with Crippen molar-refractivity contribution in [3.05, 3.63) is 53.3 Å². The maximum atomic E-state index is 9.37. The molecule has 1 aromatic carbocycles. The van der Waals surface area contributed by atoms with Gasteiger partial charge in [0, 0.05) is 34.6 Å². The van der Waals surface area contributed by atoms with Gasteiger partial charge in [-0.25, -0.2) is 9.67 Å². The van der Waals surface area contributed by atoms with Crippen LogP contribution in [0.15, 0.2) is 35.0 Å². The zero-order valence-corrected chi connectivity index (χ0v) is 14.2. The van der Waals surface area contributed by atoms with Gasteiger partial charge in [-0.3, -0.25) is 0 Å². The smallest absolute Gasteiger partial charge is 0.183 e. The fourth-order valence-corrected chi connectivity index (χ4v) is 3.06. The number of hydrogen-bond acceptors (Lipinski definition) is 5. The number of fused-ring (bicyclic) bond motifs is 1. The van der Waals surface area contributed by atoms with Crippen LogP contribution >= 0.6 is 0 Å². The molecule has 7 nitrogen and oxygen atoms in total. The Morgan fingerprint density at radius 1 is 1.24 bits per heavy atom. The number of aromatic nitrogens is 5. The molecule has 2 N–H and O–H groups in total. The van der Waals surface area contributed by atoms with Crippen molar-refractivity contribution in [1.82, 2.24) is 24.9 Å². The van der Waals surface area contributed by atoms with Crippen molar-refractivity contribution in [1.29, 1.82) is 0 Å². The Balaban J connectivity index is 1.78. The monoisotopic (exact) mass is 337 g/mol. The van der Waals surface area contributed by atoms with Crippen molar-refractivity contribution < 1.29 is 9.63 Å². The molecule has 3 heterocycles. The third kappa shape index (κ3) is 2.72. The molecule has 128 valence electrons. The van der Waals surface area contributed by atoms with E-state index in [1.165, 1.54) is 0 Å². The van der Waals surface area contributed by atoms with E-state index in [0.717, 1.165) is 39.3 Å². The minimum Gasteiger partial charge on any atom is -0.394 e. The predicted molar refractivity (Wildman–Crippen MR) is 93.2 cm³/mol. The van der Waals surface area contributed by atoms with Crippen molar-refractivity contribution in [3.63, 3.8) is 0 Å². The van der Waals surface area contributed by atoms with Crippen LogP contribution < -0.4 is 0 Å². The molecule has 4 aromatic rings. The SMILES string of the molecule is Cc1noc(C)c1Cc1nc(-c2c[nH]c3ccccc23)nn1CCO. The van der Waals surface area contributed by atoms with Crippen molar-refractivity contribution in [2.24, 2.45) is 0 Å². The number of para-hydroxylation sites is 1. The van der Waals surface area contributed by atoms with Crippen LogP contribution in [0.25, 0.3) is 22.3 Å². The van der Waals surface area contributed by atoms with Crippen LogP contribution in [0.1, 0.15) is 22.8 Å². The van der Waals surface area contributed by atoms with Gasteiger partial charge in [-0.2, -0.15) is 5.10 Å². The number of nitrogens with one attached hydrogen (secondary N) is 1. The Labute approximate surface area is 144 Å². The number of rotatable bonds is 5. The Bertz CT molecular complexity index is 1010. The van der Waals surface area contributed by atoms with Gasteiger partial charge in [-0.05, 0) is 19.9 Å². The highest BCUT2D eigenvalue weighted by Crippen LogP contribution is 2.27. The largest absolute Gasteiger partial charge is 0.394 e. The van der Waals surface area contributed by atoms with E-state index in [-0.39, 0.29) is 6.61 Å². The fraction of sp³-hybridized carbons (Fsp3) is 0.278. The van der Waals surface area contributed by atoms with Crippen LogP contribution in [0, 0.1) is 13.8 Å². The number of hydrogen-bond donors (Lipinski definition) is 2. The van der Waals surface area contributed by atoms with Gasteiger partial charge < -0.3 is 14.6 Å². The van der Waals surface area contributed by atoms with Crippen molar-refractivity contribution in [2.75, 3.05) is 6.61 Å². The summed E-state index contributed by atoms with van der Waals surface area (Å²) in [6.45, 7) is 4.21. The van der Waals surface area contributed by atoms with E-state index < -0.39 is 0 Å². The van der Waals surface area contributed by atoms with E-state index >= 15 is 0 Å². The van der Waals surface area contributed by atoms with Gasteiger partial charge in [-0.1, -0.05) is 23.4 Å². The highest BCUT2D eigenvalue weighted by atomic mass is 16.5. The molecular weight excluding hydrogens is 318 g/mol. The number of aromatic amines is 1. The molecule has 25 heavy (non-hydrogen) atoms.